The highest BCUT2D eigenvalue weighted by atomic mass is 16.5. The molecule has 2 N–H and O–H groups in total. The molecule has 0 saturated carbocycles. The number of imide groups is 1. The van der Waals surface area contributed by atoms with Gasteiger partial charge in [0.2, 0.25) is 5.91 Å². The van der Waals surface area contributed by atoms with Crippen LogP contribution in [0.5, 0.6) is 5.75 Å². The molecule has 2 aliphatic rings. The largest absolute Gasteiger partial charge is 0.497 e. The van der Waals surface area contributed by atoms with E-state index in [4.69, 9.17) is 4.74 Å². The summed E-state index contributed by atoms with van der Waals surface area (Å²) in [6.45, 7) is 1.65. The highest BCUT2D eigenvalue weighted by Gasteiger charge is 2.49. The van der Waals surface area contributed by atoms with Gasteiger partial charge in [-0.3, -0.25) is 14.5 Å². The number of urea groups is 1. The number of fused-ring (bicyclic) bond motifs is 1. The number of hydrogen-bond donors (Lipinski definition) is 2. The van der Waals surface area contributed by atoms with E-state index < -0.39 is 23.4 Å². The number of methoxy groups -OCH3 is 1. The Morgan fingerprint density at radius 1 is 1.17 bits per heavy atom. The molecule has 1 heterocycles. The van der Waals surface area contributed by atoms with E-state index in [0.717, 1.165) is 35.3 Å². The molecule has 0 unspecified atom stereocenters. The van der Waals surface area contributed by atoms with E-state index in [1.807, 2.05) is 42.5 Å². The zero-order valence-electron chi connectivity index (χ0n) is 17.2. The first kappa shape index (κ1) is 19.9. The minimum absolute atomic E-state index is 0.280. The number of carbonyl (C=O) groups excluding carboxylic acids is 3. The first-order valence-corrected chi connectivity index (χ1v) is 10.1. The second-order valence-corrected chi connectivity index (χ2v) is 7.91. The van der Waals surface area contributed by atoms with E-state index in [1.165, 1.54) is 11.1 Å². The van der Waals surface area contributed by atoms with Crippen molar-refractivity contribution in [3.8, 4) is 5.75 Å². The van der Waals surface area contributed by atoms with Crippen molar-refractivity contribution in [2.45, 2.75) is 38.3 Å². The Balaban J connectivity index is 1.43. The zero-order valence-corrected chi connectivity index (χ0v) is 17.2. The van der Waals surface area contributed by atoms with E-state index >= 15 is 0 Å². The molecule has 7 nitrogen and oxygen atoms in total. The van der Waals surface area contributed by atoms with Crippen molar-refractivity contribution in [1.82, 2.24) is 15.5 Å². The molecule has 1 aliphatic heterocycles. The van der Waals surface area contributed by atoms with Crippen LogP contribution in [0, 0.1) is 0 Å². The molecule has 0 bridgehead atoms. The average molecular weight is 407 g/mol. The van der Waals surface area contributed by atoms with Crippen molar-refractivity contribution in [1.29, 1.82) is 0 Å². The number of nitrogens with zero attached hydrogens (tertiary/aromatic N) is 1. The number of benzene rings is 2. The third kappa shape index (κ3) is 3.63. The lowest BCUT2D eigenvalue weighted by Gasteiger charge is -2.23. The van der Waals surface area contributed by atoms with Crippen molar-refractivity contribution in [2.75, 3.05) is 13.7 Å². The molecular weight excluding hydrogens is 382 g/mol. The van der Waals surface area contributed by atoms with Gasteiger partial charge in [-0.05, 0) is 60.6 Å². The van der Waals surface area contributed by atoms with Gasteiger partial charge in [-0.15, -0.1) is 0 Å². The van der Waals surface area contributed by atoms with Gasteiger partial charge >= 0.3 is 6.03 Å². The maximum absolute atomic E-state index is 13.1. The average Bonchev–Trinajstić information content (AvgIpc) is 3.30. The fraction of sp³-hybridized carbons (Fsp3) is 0.348. The number of ether oxygens (including phenoxy) is 1. The topological polar surface area (TPSA) is 87.7 Å². The Kier molecular flexibility index (Phi) is 5.20. The highest BCUT2D eigenvalue weighted by Crippen LogP contribution is 2.32. The van der Waals surface area contributed by atoms with E-state index in [-0.39, 0.29) is 13.1 Å². The van der Waals surface area contributed by atoms with Crippen LogP contribution in [0.2, 0.25) is 0 Å². The van der Waals surface area contributed by atoms with Gasteiger partial charge in [-0.2, -0.15) is 0 Å². The van der Waals surface area contributed by atoms with Crippen molar-refractivity contribution < 1.29 is 19.1 Å². The summed E-state index contributed by atoms with van der Waals surface area (Å²) in [5, 5.41) is 5.52. The third-order valence-corrected chi connectivity index (χ3v) is 5.88. The van der Waals surface area contributed by atoms with Crippen LogP contribution in [-0.4, -0.2) is 36.4 Å². The summed E-state index contributed by atoms with van der Waals surface area (Å²) in [5.41, 5.74) is 2.98. The third-order valence-electron chi connectivity index (χ3n) is 5.88. The SMILES string of the molecule is COc1cccc(CNC(=O)CN2C(=O)N[C@@](C)(c3ccc4c(c3)CCC4)C2=O)c1. The number of hydrogen-bond acceptors (Lipinski definition) is 4. The van der Waals surface area contributed by atoms with Gasteiger partial charge < -0.3 is 15.4 Å². The van der Waals surface area contributed by atoms with Gasteiger partial charge in [-0.1, -0.05) is 30.3 Å². The molecule has 156 valence electrons. The van der Waals surface area contributed by atoms with E-state index in [1.54, 1.807) is 14.0 Å². The molecule has 0 radical (unpaired) electrons. The van der Waals surface area contributed by atoms with Crippen LogP contribution in [0.4, 0.5) is 4.79 Å². The number of nitrogens with one attached hydrogen (secondary N) is 2. The second kappa shape index (κ2) is 7.82. The van der Waals surface area contributed by atoms with Crippen LogP contribution in [0.25, 0.3) is 0 Å². The molecule has 1 fully saturated rings. The molecule has 0 spiro atoms. The molecule has 4 amide bonds. The standard InChI is InChI=1S/C23H25N3O4/c1-23(18-10-9-16-6-4-7-17(16)12-18)21(28)26(22(29)25-23)14-20(27)24-13-15-5-3-8-19(11-15)30-2/h3,5,8-12H,4,6-7,13-14H2,1-2H3,(H,24,27)(H,25,29)/t23-/m0/s1. The van der Waals surface area contributed by atoms with Gasteiger partial charge in [0.15, 0.2) is 0 Å². The van der Waals surface area contributed by atoms with Crippen molar-refractivity contribution >= 4 is 17.8 Å². The smallest absolute Gasteiger partial charge is 0.325 e. The van der Waals surface area contributed by atoms with Gasteiger partial charge in [-0.25, -0.2) is 4.79 Å². The Bertz CT molecular complexity index is 1020. The Labute approximate surface area is 175 Å². The summed E-state index contributed by atoms with van der Waals surface area (Å²) in [5.74, 6) is -0.123. The molecule has 7 heteroatoms. The van der Waals surface area contributed by atoms with Crippen LogP contribution >= 0.6 is 0 Å². The zero-order chi connectivity index (χ0) is 21.3. The Morgan fingerprint density at radius 3 is 2.77 bits per heavy atom. The minimum atomic E-state index is -1.16. The van der Waals surface area contributed by atoms with E-state index in [0.29, 0.717) is 5.75 Å². The molecule has 30 heavy (non-hydrogen) atoms. The van der Waals surface area contributed by atoms with Crippen LogP contribution in [0.15, 0.2) is 42.5 Å². The molecule has 0 aromatic heterocycles. The van der Waals surface area contributed by atoms with Crippen molar-refractivity contribution in [2.24, 2.45) is 0 Å². The number of amides is 4. The van der Waals surface area contributed by atoms with Crippen molar-refractivity contribution in [3.05, 3.63) is 64.7 Å². The Morgan fingerprint density at radius 2 is 1.97 bits per heavy atom. The summed E-state index contributed by atoms with van der Waals surface area (Å²) >= 11 is 0. The van der Waals surface area contributed by atoms with E-state index in [2.05, 4.69) is 10.6 Å². The number of carbonyl (C=O) groups is 3. The number of aryl methyl sites for hydroxylation is 2. The van der Waals surface area contributed by atoms with Crippen LogP contribution < -0.4 is 15.4 Å². The quantitative estimate of drug-likeness (QED) is 0.719. The lowest BCUT2D eigenvalue weighted by Crippen LogP contribution is -2.43. The Hall–Kier alpha value is -3.35. The van der Waals surface area contributed by atoms with Crippen molar-refractivity contribution in [3.63, 3.8) is 0 Å². The van der Waals surface area contributed by atoms with Gasteiger partial charge in [0.05, 0.1) is 7.11 Å². The monoisotopic (exact) mass is 407 g/mol. The summed E-state index contributed by atoms with van der Waals surface area (Å²) < 4.78 is 5.17. The minimum Gasteiger partial charge on any atom is -0.497 e. The molecule has 1 aliphatic carbocycles. The van der Waals surface area contributed by atoms with Crippen LogP contribution in [0.3, 0.4) is 0 Å². The molecule has 2 aromatic carbocycles. The summed E-state index contributed by atoms with van der Waals surface area (Å²) in [6, 6.07) is 12.7. The maximum atomic E-state index is 13.1. The fourth-order valence-corrected chi connectivity index (χ4v) is 4.10. The molecule has 1 atom stereocenters. The predicted octanol–water partition coefficient (Wildman–Crippen LogP) is 2.27. The maximum Gasteiger partial charge on any atom is 0.325 e. The lowest BCUT2D eigenvalue weighted by atomic mass is 9.89. The summed E-state index contributed by atoms with van der Waals surface area (Å²) in [6.07, 6.45) is 3.14. The molecule has 4 rings (SSSR count). The summed E-state index contributed by atoms with van der Waals surface area (Å²) in [4.78, 5) is 39.0. The fourth-order valence-electron chi connectivity index (χ4n) is 4.10. The second-order valence-electron chi connectivity index (χ2n) is 7.91. The highest BCUT2D eigenvalue weighted by molar-refractivity contribution is 6.09. The van der Waals surface area contributed by atoms with E-state index in [9.17, 15) is 14.4 Å². The molecule has 1 saturated heterocycles. The van der Waals surface area contributed by atoms with Gasteiger partial charge in [0, 0.05) is 6.54 Å². The normalized spacial score (nSPS) is 20.1. The molecular formula is C23H25N3O4. The van der Waals surface area contributed by atoms with Crippen LogP contribution in [-0.2, 0) is 34.5 Å². The van der Waals surface area contributed by atoms with Gasteiger partial charge in [0.25, 0.3) is 5.91 Å². The first-order chi connectivity index (χ1) is 14.4. The van der Waals surface area contributed by atoms with Gasteiger partial charge in [0.1, 0.15) is 17.8 Å². The predicted molar refractivity (Wildman–Crippen MR) is 111 cm³/mol. The molecule has 2 aromatic rings. The number of rotatable bonds is 6. The summed E-state index contributed by atoms with van der Waals surface area (Å²) in [7, 11) is 1.58. The lowest BCUT2D eigenvalue weighted by molar-refractivity contribution is -0.134. The first-order valence-electron chi connectivity index (χ1n) is 10.1. The van der Waals surface area contributed by atoms with Crippen LogP contribution in [0.1, 0.15) is 35.6 Å².